The maximum Gasteiger partial charge on any atom is 0.339 e. The number of aliphatic hydroxyl groups is 1. The third-order valence-electron chi connectivity index (χ3n) is 4.74. The standard InChI is InChI=1S/C26H35NO5/c1-18(2)16-31-25(29)22-12-11-21(13-23(22)26(30)32-17-19(3)4)24(28)15-27(5)14-20-9-7-6-8-10-20/h6-13,18-19,24,28H,14-17H2,1-5H3/t24-/m0/s1. The van der Waals surface area contributed by atoms with E-state index in [1.807, 2.05) is 70.0 Å². The lowest BCUT2D eigenvalue weighted by molar-refractivity contribution is 0.0411. The van der Waals surface area contributed by atoms with E-state index in [-0.39, 0.29) is 36.2 Å². The van der Waals surface area contributed by atoms with Gasteiger partial charge in [0.25, 0.3) is 0 Å². The van der Waals surface area contributed by atoms with Gasteiger partial charge in [-0.15, -0.1) is 0 Å². The summed E-state index contributed by atoms with van der Waals surface area (Å²) in [6.07, 6.45) is -0.832. The zero-order valence-corrected chi connectivity index (χ0v) is 19.7. The second-order valence-corrected chi connectivity index (χ2v) is 8.99. The number of hydrogen-bond donors (Lipinski definition) is 1. The minimum absolute atomic E-state index is 0.113. The van der Waals surface area contributed by atoms with Crippen LogP contribution in [0.5, 0.6) is 0 Å². The molecule has 2 aromatic carbocycles. The topological polar surface area (TPSA) is 76.1 Å². The van der Waals surface area contributed by atoms with Gasteiger partial charge in [0.1, 0.15) is 0 Å². The van der Waals surface area contributed by atoms with Gasteiger partial charge in [0.05, 0.1) is 30.4 Å². The summed E-state index contributed by atoms with van der Waals surface area (Å²) in [6, 6.07) is 14.7. The molecule has 174 valence electrons. The van der Waals surface area contributed by atoms with Crippen molar-refractivity contribution in [3.8, 4) is 0 Å². The van der Waals surface area contributed by atoms with Crippen LogP contribution in [0, 0.1) is 11.8 Å². The van der Waals surface area contributed by atoms with Crippen molar-refractivity contribution in [1.82, 2.24) is 4.90 Å². The summed E-state index contributed by atoms with van der Waals surface area (Å²) in [5.74, 6) is -0.827. The van der Waals surface area contributed by atoms with E-state index in [9.17, 15) is 14.7 Å². The number of hydrogen-bond acceptors (Lipinski definition) is 6. The van der Waals surface area contributed by atoms with Gasteiger partial charge >= 0.3 is 11.9 Å². The van der Waals surface area contributed by atoms with Gasteiger partial charge in [0.15, 0.2) is 0 Å². The number of carbonyl (C=O) groups excluding carboxylic acids is 2. The van der Waals surface area contributed by atoms with Crippen LogP contribution in [0.4, 0.5) is 0 Å². The van der Waals surface area contributed by atoms with E-state index in [2.05, 4.69) is 0 Å². The first-order valence-corrected chi connectivity index (χ1v) is 11.1. The molecule has 1 N–H and O–H groups in total. The molecule has 2 rings (SSSR count). The minimum Gasteiger partial charge on any atom is -0.462 e. The molecule has 6 heteroatoms. The third-order valence-corrected chi connectivity index (χ3v) is 4.74. The predicted molar refractivity (Wildman–Crippen MR) is 124 cm³/mol. The van der Waals surface area contributed by atoms with Gasteiger partial charge in [-0.1, -0.05) is 64.1 Å². The number of benzene rings is 2. The molecule has 0 unspecified atom stereocenters. The number of esters is 2. The van der Waals surface area contributed by atoms with Gasteiger partial charge in [0.2, 0.25) is 0 Å². The monoisotopic (exact) mass is 441 g/mol. The smallest absolute Gasteiger partial charge is 0.339 e. The Morgan fingerprint density at radius 3 is 2.00 bits per heavy atom. The zero-order chi connectivity index (χ0) is 23.7. The van der Waals surface area contributed by atoms with Crippen molar-refractivity contribution in [2.45, 2.75) is 40.3 Å². The summed E-state index contributed by atoms with van der Waals surface area (Å²) in [5, 5.41) is 10.8. The molecule has 0 saturated heterocycles. The highest BCUT2D eigenvalue weighted by atomic mass is 16.5. The molecule has 0 fully saturated rings. The van der Waals surface area contributed by atoms with E-state index in [4.69, 9.17) is 9.47 Å². The van der Waals surface area contributed by atoms with Crippen LogP contribution in [0.3, 0.4) is 0 Å². The van der Waals surface area contributed by atoms with Crippen molar-refractivity contribution in [1.29, 1.82) is 0 Å². The summed E-state index contributed by atoms with van der Waals surface area (Å²) < 4.78 is 10.7. The number of rotatable bonds is 11. The van der Waals surface area contributed by atoms with Crippen LogP contribution >= 0.6 is 0 Å². The quantitative estimate of drug-likeness (QED) is 0.518. The number of nitrogens with zero attached hydrogens (tertiary/aromatic N) is 1. The van der Waals surface area contributed by atoms with E-state index in [0.717, 1.165) is 5.56 Å². The SMILES string of the molecule is CC(C)COC(=O)c1ccc([C@@H](O)CN(C)Cc2ccccc2)cc1C(=O)OCC(C)C. The van der Waals surface area contributed by atoms with E-state index in [0.29, 0.717) is 18.7 Å². The molecule has 2 aromatic rings. The molecule has 0 saturated carbocycles. The Labute approximate surface area is 191 Å². The maximum atomic E-state index is 12.7. The highest BCUT2D eigenvalue weighted by molar-refractivity contribution is 6.03. The van der Waals surface area contributed by atoms with E-state index >= 15 is 0 Å². The molecule has 0 radical (unpaired) electrons. The average molecular weight is 442 g/mol. The maximum absolute atomic E-state index is 12.7. The van der Waals surface area contributed by atoms with Crippen molar-refractivity contribution < 1.29 is 24.2 Å². The van der Waals surface area contributed by atoms with Gasteiger partial charge < -0.3 is 14.6 Å². The predicted octanol–water partition coefficient (Wildman–Crippen LogP) is 4.48. The summed E-state index contributed by atoms with van der Waals surface area (Å²) in [7, 11) is 1.92. The second-order valence-electron chi connectivity index (χ2n) is 8.99. The number of aliphatic hydroxyl groups excluding tert-OH is 1. The van der Waals surface area contributed by atoms with E-state index < -0.39 is 18.0 Å². The van der Waals surface area contributed by atoms with Crippen LogP contribution < -0.4 is 0 Å². The van der Waals surface area contributed by atoms with E-state index in [1.165, 1.54) is 12.1 Å². The molecule has 0 aliphatic heterocycles. The Bertz CT molecular complexity index is 879. The first-order valence-electron chi connectivity index (χ1n) is 11.1. The highest BCUT2D eigenvalue weighted by Gasteiger charge is 2.23. The third kappa shape index (κ3) is 8.09. The Morgan fingerprint density at radius 1 is 0.875 bits per heavy atom. The summed E-state index contributed by atoms with van der Waals surface area (Å²) in [4.78, 5) is 27.3. The molecule has 0 heterocycles. The lowest BCUT2D eigenvalue weighted by Crippen LogP contribution is -2.25. The van der Waals surface area contributed by atoms with Crippen LogP contribution in [0.15, 0.2) is 48.5 Å². The second kappa shape index (κ2) is 12.4. The summed E-state index contributed by atoms with van der Waals surface area (Å²) in [5.41, 5.74) is 1.94. The molecular weight excluding hydrogens is 406 g/mol. The van der Waals surface area contributed by atoms with Crippen LogP contribution in [0.25, 0.3) is 0 Å². The fourth-order valence-electron chi connectivity index (χ4n) is 3.12. The van der Waals surface area contributed by atoms with Gasteiger partial charge in [-0.05, 0) is 42.1 Å². The molecule has 0 bridgehead atoms. The van der Waals surface area contributed by atoms with Gasteiger partial charge in [0, 0.05) is 13.1 Å². The van der Waals surface area contributed by atoms with Gasteiger partial charge in [-0.25, -0.2) is 9.59 Å². The lowest BCUT2D eigenvalue weighted by atomic mass is 10.00. The molecule has 0 spiro atoms. The fourth-order valence-corrected chi connectivity index (χ4v) is 3.12. The normalized spacial score (nSPS) is 12.3. The Morgan fingerprint density at radius 2 is 1.44 bits per heavy atom. The minimum atomic E-state index is -0.832. The molecule has 1 atom stereocenters. The molecular formula is C26H35NO5. The van der Waals surface area contributed by atoms with Crippen LogP contribution in [0.1, 0.15) is 65.6 Å². The Hall–Kier alpha value is -2.70. The summed E-state index contributed by atoms with van der Waals surface area (Å²) in [6.45, 7) is 9.31. The number of ether oxygens (including phenoxy) is 2. The Kier molecular flexibility index (Phi) is 9.88. The van der Waals surface area contributed by atoms with Crippen molar-refractivity contribution in [3.63, 3.8) is 0 Å². The van der Waals surface area contributed by atoms with Gasteiger partial charge in [-0.3, -0.25) is 4.90 Å². The molecule has 32 heavy (non-hydrogen) atoms. The Balaban J connectivity index is 2.20. The van der Waals surface area contributed by atoms with Crippen molar-refractivity contribution in [2.75, 3.05) is 26.8 Å². The molecule has 0 aliphatic rings. The summed E-state index contributed by atoms with van der Waals surface area (Å²) >= 11 is 0. The fraction of sp³-hybridized carbons (Fsp3) is 0.462. The highest BCUT2D eigenvalue weighted by Crippen LogP contribution is 2.22. The van der Waals surface area contributed by atoms with Gasteiger partial charge in [-0.2, -0.15) is 0 Å². The number of likely N-dealkylation sites (N-methyl/N-ethyl adjacent to an activating group) is 1. The van der Waals surface area contributed by atoms with Crippen LogP contribution in [0.2, 0.25) is 0 Å². The first-order chi connectivity index (χ1) is 15.2. The van der Waals surface area contributed by atoms with E-state index in [1.54, 1.807) is 6.07 Å². The zero-order valence-electron chi connectivity index (χ0n) is 19.7. The molecule has 6 nitrogen and oxygen atoms in total. The van der Waals surface area contributed by atoms with Crippen LogP contribution in [-0.2, 0) is 16.0 Å². The molecule has 0 aliphatic carbocycles. The molecule has 0 amide bonds. The largest absolute Gasteiger partial charge is 0.462 e. The van der Waals surface area contributed by atoms with Crippen molar-refractivity contribution in [2.24, 2.45) is 11.8 Å². The molecule has 0 aromatic heterocycles. The van der Waals surface area contributed by atoms with Crippen molar-refractivity contribution in [3.05, 3.63) is 70.8 Å². The lowest BCUT2D eigenvalue weighted by Gasteiger charge is -2.22. The van der Waals surface area contributed by atoms with Crippen molar-refractivity contribution >= 4 is 11.9 Å². The first kappa shape index (κ1) is 25.6. The van der Waals surface area contributed by atoms with Crippen LogP contribution in [-0.4, -0.2) is 48.8 Å². The number of carbonyl (C=O) groups is 2. The average Bonchev–Trinajstić information content (AvgIpc) is 2.75.